The minimum Gasteiger partial charge on any atom is -0.385 e. The number of hydrogen-bond donors (Lipinski definition) is 1. The first-order chi connectivity index (χ1) is 10.0. The van der Waals surface area contributed by atoms with E-state index >= 15 is 0 Å². The molecule has 21 heavy (non-hydrogen) atoms. The second-order valence-electron chi connectivity index (χ2n) is 5.20. The quantitative estimate of drug-likeness (QED) is 0.846. The zero-order valence-electron chi connectivity index (χ0n) is 11.7. The van der Waals surface area contributed by atoms with Crippen molar-refractivity contribution in [2.45, 2.75) is 25.4 Å². The van der Waals surface area contributed by atoms with Gasteiger partial charge in [0.05, 0.1) is 17.2 Å². The van der Waals surface area contributed by atoms with Crippen molar-refractivity contribution in [1.82, 2.24) is 4.90 Å². The average Bonchev–Trinajstić information content (AvgIpc) is 2.95. The van der Waals surface area contributed by atoms with Crippen LogP contribution in [0.15, 0.2) is 18.2 Å². The summed E-state index contributed by atoms with van der Waals surface area (Å²) in [4.78, 5) is 2.36. The number of rotatable bonds is 5. The number of nitrogens with one attached hydrogen (secondary N) is 1. The SMILES string of the molecule is N#Cc1ccc(NCCCN2CCCC2)cc1C(F)(F)F. The predicted molar refractivity (Wildman–Crippen MR) is 74.9 cm³/mol. The number of halogens is 3. The number of anilines is 1. The highest BCUT2D eigenvalue weighted by atomic mass is 19.4. The molecule has 1 aromatic rings. The minimum atomic E-state index is -4.50. The van der Waals surface area contributed by atoms with Crippen LogP contribution in [0.5, 0.6) is 0 Å². The van der Waals surface area contributed by atoms with E-state index in [4.69, 9.17) is 5.26 Å². The standard InChI is InChI=1S/C15H18F3N3/c16-15(17,18)14-10-13(5-4-12(14)11-19)20-6-3-9-21-7-1-2-8-21/h4-5,10,20H,1-3,6-9H2. The molecular formula is C15H18F3N3. The molecule has 1 heterocycles. The Hall–Kier alpha value is -1.74. The topological polar surface area (TPSA) is 39.1 Å². The molecule has 1 aliphatic rings. The summed E-state index contributed by atoms with van der Waals surface area (Å²) in [6.07, 6.45) is -1.14. The summed E-state index contributed by atoms with van der Waals surface area (Å²) < 4.78 is 38.5. The van der Waals surface area contributed by atoms with Gasteiger partial charge >= 0.3 is 6.18 Å². The number of alkyl halides is 3. The molecule has 0 atom stereocenters. The molecule has 1 N–H and O–H groups in total. The molecule has 1 saturated heterocycles. The summed E-state index contributed by atoms with van der Waals surface area (Å²) in [6, 6.07) is 5.32. The van der Waals surface area contributed by atoms with Crippen LogP contribution in [-0.2, 0) is 6.18 Å². The zero-order chi connectivity index (χ0) is 15.3. The summed E-state index contributed by atoms with van der Waals surface area (Å²) in [5.41, 5.74) is -0.817. The summed E-state index contributed by atoms with van der Waals surface area (Å²) in [5.74, 6) is 0. The lowest BCUT2D eigenvalue weighted by Crippen LogP contribution is -2.22. The van der Waals surface area contributed by atoms with Gasteiger partial charge in [-0.3, -0.25) is 0 Å². The fourth-order valence-corrected chi connectivity index (χ4v) is 2.53. The fourth-order valence-electron chi connectivity index (χ4n) is 2.53. The highest BCUT2D eigenvalue weighted by Gasteiger charge is 2.33. The highest BCUT2D eigenvalue weighted by molar-refractivity contribution is 5.53. The summed E-state index contributed by atoms with van der Waals surface area (Å²) >= 11 is 0. The molecule has 0 radical (unpaired) electrons. The van der Waals surface area contributed by atoms with Crippen LogP contribution in [0.3, 0.4) is 0 Å². The van der Waals surface area contributed by atoms with Gasteiger partial charge in [0.15, 0.2) is 0 Å². The van der Waals surface area contributed by atoms with Crippen molar-refractivity contribution in [3.8, 4) is 6.07 Å². The normalized spacial score (nSPS) is 15.9. The fraction of sp³-hybridized carbons (Fsp3) is 0.533. The van der Waals surface area contributed by atoms with E-state index in [1.165, 1.54) is 25.0 Å². The zero-order valence-corrected chi connectivity index (χ0v) is 11.7. The van der Waals surface area contributed by atoms with Crippen molar-refractivity contribution < 1.29 is 13.2 Å². The highest BCUT2D eigenvalue weighted by Crippen LogP contribution is 2.33. The number of likely N-dealkylation sites (tertiary alicyclic amines) is 1. The van der Waals surface area contributed by atoms with Crippen molar-refractivity contribution in [3.63, 3.8) is 0 Å². The van der Waals surface area contributed by atoms with E-state index in [9.17, 15) is 13.2 Å². The number of hydrogen-bond acceptors (Lipinski definition) is 3. The molecule has 2 rings (SSSR count). The molecular weight excluding hydrogens is 279 g/mol. The minimum absolute atomic E-state index is 0.342. The van der Waals surface area contributed by atoms with E-state index in [0.717, 1.165) is 32.1 Å². The Morgan fingerprint density at radius 1 is 1.24 bits per heavy atom. The van der Waals surface area contributed by atoms with Crippen molar-refractivity contribution in [1.29, 1.82) is 5.26 Å². The van der Waals surface area contributed by atoms with Gasteiger partial charge in [0.2, 0.25) is 0 Å². The Morgan fingerprint density at radius 3 is 2.57 bits per heavy atom. The molecule has 0 bridgehead atoms. The Kier molecular flexibility index (Phi) is 5.07. The van der Waals surface area contributed by atoms with Crippen molar-refractivity contribution in [3.05, 3.63) is 29.3 Å². The van der Waals surface area contributed by atoms with Gasteiger partial charge in [-0.15, -0.1) is 0 Å². The maximum atomic E-state index is 12.8. The van der Waals surface area contributed by atoms with Crippen LogP contribution in [0, 0.1) is 11.3 Å². The van der Waals surface area contributed by atoms with E-state index < -0.39 is 11.7 Å². The monoisotopic (exact) mass is 297 g/mol. The van der Waals surface area contributed by atoms with Gasteiger partial charge in [-0.2, -0.15) is 18.4 Å². The molecule has 0 aromatic heterocycles. The second kappa shape index (κ2) is 6.81. The summed E-state index contributed by atoms with van der Waals surface area (Å²) in [5, 5.41) is 11.7. The number of nitrogens with zero attached hydrogens (tertiary/aromatic N) is 2. The molecule has 114 valence electrons. The largest absolute Gasteiger partial charge is 0.417 e. The maximum absolute atomic E-state index is 12.8. The van der Waals surface area contributed by atoms with Gasteiger partial charge in [-0.25, -0.2) is 0 Å². The van der Waals surface area contributed by atoms with Crippen molar-refractivity contribution in [2.75, 3.05) is 31.5 Å². The van der Waals surface area contributed by atoms with E-state index in [2.05, 4.69) is 10.2 Å². The second-order valence-corrected chi connectivity index (χ2v) is 5.20. The van der Waals surface area contributed by atoms with Crippen LogP contribution in [0.4, 0.5) is 18.9 Å². The summed E-state index contributed by atoms with van der Waals surface area (Å²) in [6.45, 7) is 3.83. The molecule has 1 aliphatic heterocycles. The van der Waals surface area contributed by atoms with Crippen LogP contribution < -0.4 is 5.32 Å². The van der Waals surface area contributed by atoms with Crippen LogP contribution >= 0.6 is 0 Å². The number of benzene rings is 1. The predicted octanol–water partition coefficient (Wildman–Crippen LogP) is 3.47. The number of nitriles is 1. The first kappa shape index (κ1) is 15.6. The van der Waals surface area contributed by atoms with Gasteiger partial charge in [0.1, 0.15) is 0 Å². The molecule has 0 aliphatic carbocycles. The molecule has 1 fully saturated rings. The van der Waals surface area contributed by atoms with E-state index in [-0.39, 0.29) is 5.56 Å². The van der Waals surface area contributed by atoms with Gasteiger partial charge < -0.3 is 10.2 Å². The van der Waals surface area contributed by atoms with Crippen LogP contribution in [0.25, 0.3) is 0 Å². The Labute approximate surface area is 122 Å². The molecule has 0 unspecified atom stereocenters. The average molecular weight is 297 g/mol. The molecule has 0 amide bonds. The smallest absolute Gasteiger partial charge is 0.385 e. The first-order valence-electron chi connectivity index (χ1n) is 7.08. The molecule has 6 heteroatoms. The first-order valence-corrected chi connectivity index (χ1v) is 7.08. The van der Waals surface area contributed by atoms with E-state index in [1.54, 1.807) is 6.07 Å². The molecule has 1 aromatic carbocycles. The van der Waals surface area contributed by atoms with E-state index in [0.29, 0.717) is 12.2 Å². The Balaban J connectivity index is 1.90. The van der Waals surface area contributed by atoms with Gasteiger partial charge in [-0.1, -0.05) is 0 Å². The molecule has 0 spiro atoms. The molecule has 0 saturated carbocycles. The van der Waals surface area contributed by atoms with Crippen molar-refractivity contribution >= 4 is 5.69 Å². The third-order valence-electron chi connectivity index (χ3n) is 3.62. The third kappa shape index (κ3) is 4.36. The summed E-state index contributed by atoms with van der Waals surface area (Å²) in [7, 11) is 0. The van der Waals surface area contributed by atoms with Crippen molar-refractivity contribution in [2.24, 2.45) is 0 Å². The van der Waals surface area contributed by atoms with Crippen LogP contribution in [-0.4, -0.2) is 31.1 Å². The van der Waals surface area contributed by atoms with E-state index in [1.807, 2.05) is 0 Å². The lowest BCUT2D eigenvalue weighted by Gasteiger charge is -2.15. The van der Waals surface area contributed by atoms with Crippen LogP contribution in [0.1, 0.15) is 30.4 Å². The Morgan fingerprint density at radius 2 is 1.95 bits per heavy atom. The molecule has 3 nitrogen and oxygen atoms in total. The Bertz CT molecular complexity index is 514. The lowest BCUT2D eigenvalue weighted by atomic mass is 10.1. The lowest BCUT2D eigenvalue weighted by molar-refractivity contribution is -0.137. The van der Waals surface area contributed by atoms with Gasteiger partial charge in [0.25, 0.3) is 0 Å². The maximum Gasteiger partial charge on any atom is 0.417 e. The van der Waals surface area contributed by atoms with Gasteiger partial charge in [0, 0.05) is 12.2 Å². The van der Waals surface area contributed by atoms with Gasteiger partial charge in [-0.05, 0) is 57.1 Å². The third-order valence-corrected chi connectivity index (χ3v) is 3.62. The van der Waals surface area contributed by atoms with Crippen LogP contribution in [0.2, 0.25) is 0 Å².